The number of para-hydroxylation sites is 1. The van der Waals surface area contributed by atoms with Crippen molar-refractivity contribution in [3.8, 4) is 11.3 Å². The highest BCUT2D eigenvalue weighted by Gasteiger charge is 2.35. The molecule has 3 aromatic carbocycles. The SMILES string of the molecule is CC(=O)N1N=C(c2cccc([N+](=O)[O-])c2)O[C@H]1c1cc(-c2ccccc2)nc2ccccc12. The molecule has 0 N–H and O–H groups in total. The van der Waals surface area contributed by atoms with Crippen LogP contribution < -0.4 is 0 Å². The minimum Gasteiger partial charge on any atom is -0.446 e. The molecule has 0 bridgehead atoms. The van der Waals surface area contributed by atoms with E-state index >= 15 is 0 Å². The number of carbonyl (C=O) groups excluding carboxylic acids is 1. The number of rotatable bonds is 4. The minimum absolute atomic E-state index is 0.0858. The Morgan fingerprint density at radius 3 is 2.45 bits per heavy atom. The molecule has 0 radical (unpaired) electrons. The van der Waals surface area contributed by atoms with E-state index in [-0.39, 0.29) is 17.5 Å². The lowest BCUT2D eigenvalue weighted by atomic mass is 10.0. The van der Waals surface area contributed by atoms with Gasteiger partial charge in [-0.05, 0) is 18.2 Å². The Balaban J connectivity index is 1.63. The number of non-ortho nitro benzene ring substituents is 1. The highest BCUT2D eigenvalue weighted by atomic mass is 16.6. The fourth-order valence-corrected chi connectivity index (χ4v) is 3.80. The number of amides is 1. The predicted octanol–water partition coefficient (Wildman–Crippen LogP) is 5.05. The van der Waals surface area contributed by atoms with E-state index in [1.54, 1.807) is 12.1 Å². The largest absolute Gasteiger partial charge is 0.446 e. The maximum atomic E-state index is 12.5. The van der Waals surface area contributed by atoms with Crippen LogP contribution in [-0.4, -0.2) is 26.7 Å². The maximum Gasteiger partial charge on any atom is 0.270 e. The molecule has 0 saturated carbocycles. The number of nitro benzene ring substituents is 1. The van der Waals surface area contributed by atoms with Gasteiger partial charge in [-0.25, -0.2) is 4.98 Å². The molecular formula is C25H18N4O4. The summed E-state index contributed by atoms with van der Waals surface area (Å²) in [4.78, 5) is 28.0. The molecule has 33 heavy (non-hydrogen) atoms. The molecule has 0 saturated heterocycles. The van der Waals surface area contributed by atoms with Crippen LogP contribution in [-0.2, 0) is 9.53 Å². The highest BCUT2D eigenvalue weighted by molar-refractivity contribution is 5.97. The first-order chi connectivity index (χ1) is 16.0. The van der Waals surface area contributed by atoms with Crippen LogP contribution in [0.3, 0.4) is 0 Å². The van der Waals surface area contributed by atoms with Crippen molar-refractivity contribution in [2.45, 2.75) is 13.2 Å². The Labute approximate surface area is 188 Å². The first-order valence-corrected chi connectivity index (χ1v) is 10.3. The van der Waals surface area contributed by atoms with Crippen LogP contribution in [0.4, 0.5) is 5.69 Å². The number of carbonyl (C=O) groups is 1. The Hall–Kier alpha value is -4.59. The number of hydrogen-bond acceptors (Lipinski definition) is 6. The molecule has 4 aromatic rings. The number of ether oxygens (including phenoxy) is 1. The van der Waals surface area contributed by atoms with Crippen LogP contribution in [0, 0.1) is 10.1 Å². The van der Waals surface area contributed by atoms with Gasteiger partial charge in [-0.15, -0.1) is 5.10 Å². The normalized spacial score (nSPS) is 15.2. The molecule has 8 heteroatoms. The number of hydrogen-bond donors (Lipinski definition) is 0. The smallest absolute Gasteiger partial charge is 0.270 e. The third-order valence-electron chi connectivity index (χ3n) is 5.35. The van der Waals surface area contributed by atoms with Crippen LogP contribution in [0.5, 0.6) is 0 Å². The van der Waals surface area contributed by atoms with Gasteiger partial charge in [0.1, 0.15) is 0 Å². The highest BCUT2D eigenvalue weighted by Crippen LogP contribution is 2.36. The number of aromatic nitrogens is 1. The Morgan fingerprint density at radius 2 is 1.70 bits per heavy atom. The Morgan fingerprint density at radius 1 is 0.970 bits per heavy atom. The first kappa shape index (κ1) is 20.3. The van der Waals surface area contributed by atoms with Crippen molar-refractivity contribution >= 4 is 28.4 Å². The first-order valence-electron chi connectivity index (χ1n) is 10.3. The summed E-state index contributed by atoms with van der Waals surface area (Å²) < 4.78 is 6.15. The molecule has 1 amide bonds. The zero-order valence-corrected chi connectivity index (χ0v) is 17.6. The number of pyridine rings is 1. The molecule has 1 atom stereocenters. The topological polar surface area (TPSA) is 97.9 Å². The molecule has 0 aliphatic carbocycles. The number of nitro groups is 1. The van der Waals surface area contributed by atoms with E-state index in [4.69, 9.17) is 9.72 Å². The van der Waals surface area contributed by atoms with E-state index in [1.165, 1.54) is 24.1 Å². The molecule has 1 aliphatic rings. The van der Waals surface area contributed by atoms with Gasteiger partial charge >= 0.3 is 0 Å². The average Bonchev–Trinajstić information content (AvgIpc) is 3.30. The van der Waals surface area contributed by atoms with Crippen molar-refractivity contribution in [1.82, 2.24) is 9.99 Å². The summed E-state index contributed by atoms with van der Waals surface area (Å²) in [6.45, 7) is 1.40. The summed E-state index contributed by atoms with van der Waals surface area (Å²) in [5.74, 6) is -0.177. The van der Waals surface area contributed by atoms with Crippen LogP contribution in [0.15, 0.2) is 90.0 Å². The quantitative estimate of drug-likeness (QED) is 0.328. The summed E-state index contributed by atoms with van der Waals surface area (Å²) in [5.41, 5.74) is 3.47. The predicted molar refractivity (Wildman–Crippen MR) is 123 cm³/mol. The second-order valence-electron chi connectivity index (χ2n) is 7.53. The third kappa shape index (κ3) is 3.78. The van der Waals surface area contributed by atoms with Crippen molar-refractivity contribution in [1.29, 1.82) is 0 Å². The number of fused-ring (bicyclic) bond motifs is 1. The summed E-state index contributed by atoms with van der Waals surface area (Å²) in [6, 6.07) is 25.2. The molecule has 0 spiro atoms. The molecule has 0 fully saturated rings. The molecule has 8 nitrogen and oxygen atoms in total. The van der Waals surface area contributed by atoms with Gasteiger partial charge in [0.2, 0.25) is 18.0 Å². The van der Waals surface area contributed by atoms with Gasteiger partial charge in [-0.3, -0.25) is 14.9 Å². The summed E-state index contributed by atoms with van der Waals surface area (Å²) >= 11 is 0. The van der Waals surface area contributed by atoms with E-state index in [9.17, 15) is 14.9 Å². The van der Waals surface area contributed by atoms with Crippen molar-refractivity contribution in [3.05, 3.63) is 106 Å². The second kappa shape index (κ2) is 8.16. The molecule has 0 unspecified atom stereocenters. The van der Waals surface area contributed by atoms with Crippen molar-refractivity contribution in [2.24, 2.45) is 5.10 Å². The second-order valence-corrected chi connectivity index (χ2v) is 7.53. The van der Waals surface area contributed by atoms with Gasteiger partial charge in [0, 0.05) is 41.1 Å². The van der Waals surface area contributed by atoms with Gasteiger partial charge in [0.05, 0.1) is 16.1 Å². The Kier molecular flexibility index (Phi) is 5.02. The fraction of sp³-hybridized carbons (Fsp3) is 0.0800. The molecule has 162 valence electrons. The standard InChI is InChI=1S/C25H18N4O4/c1-16(30)28-25(33-24(27-28)18-10-7-11-19(14-18)29(31)32)21-15-23(17-8-3-2-4-9-17)26-22-13-6-5-12-20(21)22/h2-15,25H,1H3/t25-/m0/s1. The summed E-state index contributed by atoms with van der Waals surface area (Å²) in [7, 11) is 0. The van der Waals surface area contributed by atoms with Gasteiger partial charge in [0.15, 0.2) is 0 Å². The molecule has 1 aromatic heterocycles. The van der Waals surface area contributed by atoms with Crippen LogP contribution in [0.2, 0.25) is 0 Å². The fourth-order valence-electron chi connectivity index (χ4n) is 3.80. The summed E-state index contributed by atoms with van der Waals surface area (Å²) in [6.07, 6.45) is -0.841. The van der Waals surface area contributed by atoms with Crippen LogP contribution in [0.25, 0.3) is 22.2 Å². The van der Waals surface area contributed by atoms with Gasteiger partial charge < -0.3 is 4.74 Å². The van der Waals surface area contributed by atoms with Crippen LogP contribution in [0.1, 0.15) is 24.3 Å². The van der Waals surface area contributed by atoms with E-state index in [0.29, 0.717) is 5.56 Å². The molecule has 2 heterocycles. The van der Waals surface area contributed by atoms with Gasteiger partial charge in [-0.2, -0.15) is 5.01 Å². The average molecular weight is 438 g/mol. The van der Waals surface area contributed by atoms with Gasteiger partial charge in [-0.1, -0.05) is 54.6 Å². The van der Waals surface area contributed by atoms with Crippen molar-refractivity contribution in [3.63, 3.8) is 0 Å². The third-order valence-corrected chi connectivity index (χ3v) is 5.35. The van der Waals surface area contributed by atoms with E-state index < -0.39 is 11.2 Å². The molecule has 1 aliphatic heterocycles. The zero-order chi connectivity index (χ0) is 22.9. The maximum absolute atomic E-state index is 12.5. The minimum atomic E-state index is -0.841. The molecular weight excluding hydrogens is 420 g/mol. The number of hydrazone groups is 1. The lowest BCUT2D eigenvalue weighted by Crippen LogP contribution is -2.25. The van der Waals surface area contributed by atoms with Gasteiger partial charge in [0.25, 0.3) is 5.69 Å². The summed E-state index contributed by atoms with van der Waals surface area (Å²) in [5, 5.41) is 17.6. The van der Waals surface area contributed by atoms with E-state index in [2.05, 4.69) is 5.10 Å². The van der Waals surface area contributed by atoms with Crippen LogP contribution >= 0.6 is 0 Å². The van der Waals surface area contributed by atoms with Crippen molar-refractivity contribution in [2.75, 3.05) is 0 Å². The van der Waals surface area contributed by atoms with E-state index in [0.717, 1.165) is 27.7 Å². The van der Waals surface area contributed by atoms with E-state index in [1.807, 2.05) is 60.7 Å². The monoisotopic (exact) mass is 438 g/mol. The lowest BCUT2D eigenvalue weighted by molar-refractivity contribution is -0.384. The Bertz CT molecular complexity index is 1420. The van der Waals surface area contributed by atoms with Crippen molar-refractivity contribution < 1.29 is 14.5 Å². The zero-order valence-electron chi connectivity index (χ0n) is 17.6. The number of benzene rings is 3. The lowest BCUT2D eigenvalue weighted by Gasteiger charge is -2.21. The molecule has 5 rings (SSSR count). The number of nitrogens with zero attached hydrogens (tertiary/aromatic N) is 4.